The van der Waals surface area contributed by atoms with Crippen LogP contribution in [0.4, 0.5) is 0 Å². The van der Waals surface area contributed by atoms with Crippen molar-refractivity contribution in [2.24, 2.45) is 0 Å². The molecular formula is C21H22N2O3. The minimum Gasteiger partial charge on any atom is -0.464 e. The lowest BCUT2D eigenvalue weighted by Crippen LogP contribution is -2.38. The summed E-state index contributed by atoms with van der Waals surface area (Å²) in [5.41, 5.74) is 4.16. The Morgan fingerprint density at radius 1 is 1.15 bits per heavy atom. The third-order valence-corrected chi connectivity index (χ3v) is 5.03. The SMILES string of the molecule is Cc1cc2occc2c(-c2ccc(C(=O)NC3CCC(O)CC3)cc2)n1. The fraction of sp³-hybridized carbons (Fsp3) is 0.333. The second-order valence-electron chi connectivity index (χ2n) is 7.00. The molecule has 1 aromatic carbocycles. The quantitative estimate of drug-likeness (QED) is 0.753. The lowest BCUT2D eigenvalue weighted by Gasteiger charge is -2.26. The van der Waals surface area contributed by atoms with Crippen LogP contribution in [0.1, 0.15) is 41.7 Å². The van der Waals surface area contributed by atoms with Crippen molar-refractivity contribution in [3.8, 4) is 11.3 Å². The van der Waals surface area contributed by atoms with E-state index < -0.39 is 0 Å². The number of carbonyl (C=O) groups excluding carboxylic acids is 1. The van der Waals surface area contributed by atoms with Crippen LogP contribution in [0.3, 0.4) is 0 Å². The molecule has 0 aliphatic heterocycles. The molecule has 0 unspecified atom stereocenters. The van der Waals surface area contributed by atoms with Gasteiger partial charge in [0.2, 0.25) is 0 Å². The number of aryl methyl sites for hydroxylation is 1. The summed E-state index contributed by atoms with van der Waals surface area (Å²) in [6, 6.07) is 11.5. The van der Waals surface area contributed by atoms with Crippen LogP contribution < -0.4 is 5.32 Å². The summed E-state index contributed by atoms with van der Waals surface area (Å²) in [5, 5.41) is 13.6. The van der Waals surface area contributed by atoms with Gasteiger partial charge in [-0.25, -0.2) is 0 Å². The number of benzene rings is 1. The van der Waals surface area contributed by atoms with Crippen molar-refractivity contribution in [3.63, 3.8) is 0 Å². The van der Waals surface area contributed by atoms with Gasteiger partial charge in [-0.1, -0.05) is 12.1 Å². The summed E-state index contributed by atoms with van der Waals surface area (Å²) >= 11 is 0. The molecule has 0 atom stereocenters. The van der Waals surface area contributed by atoms with Gasteiger partial charge in [-0.2, -0.15) is 0 Å². The molecule has 0 radical (unpaired) electrons. The molecule has 2 heterocycles. The molecule has 1 saturated carbocycles. The van der Waals surface area contributed by atoms with Crippen LogP contribution in [0.5, 0.6) is 0 Å². The smallest absolute Gasteiger partial charge is 0.251 e. The summed E-state index contributed by atoms with van der Waals surface area (Å²) in [5.74, 6) is -0.0661. The fourth-order valence-corrected chi connectivity index (χ4v) is 3.58. The molecule has 1 fully saturated rings. The molecule has 1 amide bonds. The number of rotatable bonds is 3. The van der Waals surface area contributed by atoms with E-state index in [9.17, 15) is 9.90 Å². The van der Waals surface area contributed by atoms with Gasteiger partial charge >= 0.3 is 0 Å². The Kier molecular flexibility index (Phi) is 4.47. The highest BCUT2D eigenvalue weighted by molar-refractivity contribution is 5.96. The van der Waals surface area contributed by atoms with E-state index in [1.54, 1.807) is 6.26 Å². The van der Waals surface area contributed by atoms with E-state index in [0.717, 1.165) is 53.6 Å². The predicted molar refractivity (Wildman–Crippen MR) is 99.9 cm³/mol. The second-order valence-corrected chi connectivity index (χ2v) is 7.00. The van der Waals surface area contributed by atoms with Crippen molar-refractivity contribution in [3.05, 3.63) is 53.9 Å². The molecular weight excluding hydrogens is 328 g/mol. The largest absolute Gasteiger partial charge is 0.464 e. The van der Waals surface area contributed by atoms with E-state index in [4.69, 9.17) is 4.42 Å². The zero-order chi connectivity index (χ0) is 18.1. The number of furan rings is 1. The molecule has 2 N–H and O–H groups in total. The number of hydrogen-bond acceptors (Lipinski definition) is 4. The number of aliphatic hydroxyl groups excluding tert-OH is 1. The summed E-state index contributed by atoms with van der Waals surface area (Å²) in [6.45, 7) is 1.94. The van der Waals surface area contributed by atoms with Crippen LogP contribution in [0.2, 0.25) is 0 Å². The fourth-order valence-electron chi connectivity index (χ4n) is 3.58. The molecule has 5 heteroatoms. The normalized spacial score (nSPS) is 20.2. The van der Waals surface area contributed by atoms with Gasteiger partial charge in [0.1, 0.15) is 5.58 Å². The third-order valence-electron chi connectivity index (χ3n) is 5.03. The number of amides is 1. The van der Waals surface area contributed by atoms with E-state index in [1.807, 2.05) is 43.3 Å². The van der Waals surface area contributed by atoms with Gasteiger partial charge in [-0.3, -0.25) is 9.78 Å². The molecule has 134 valence electrons. The minimum atomic E-state index is -0.218. The van der Waals surface area contributed by atoms with Crippen LogP contribution in [0.25, 0.3) is 22.2 Å². The molecule has 26 heavy (non-hydrogen) atoms. The highest BCUT2D eigenvalue weighted by atomic mass is 16.3. The Morgan fingerprint density at radius 3 is 2.62 bits per heavy atom. The molecule has 5 nitrogen and oxygen atoms in total. The van der Waals surface area contributed by atoms with Gasteiger partial charge in [0, 0.05) is 34.3 Å². The number of aliphatic hydroxyl groups is 1. The highest BCUT2D eigenvalue weighted by Crippen LogP contribution is 2.28. The molecule has 0 bridgehead atoms. The number of pyridine rings is 1. The third kappa shape index (κ3) is 3.35. The number of fused-ring (bicyclic) bond motifs is 1. The first-order valence-electron chi connectivity index (χ1n) is 9.04. The van der Waals surface area contributed by atoms with Crippen molar-refractivity contribution < 1.29 is 14.3 Å². The average Bonchev–Trinajstić information content (AvgIpc) is 3.11. The van der Waals surface area contributed by atoms with Crippen LogP contribution in [-0.2, 0) is 0 Å². The second kappa shape index (κ2) is 6.92. The number of hydrogen-bond donors (Lipinski definition) is 2. The zero-order valence-corrected chi connectivity index (χ0v) is 14.7. The number of nitrogens with one attached hydrogen (secondary N) is 1. The van der Waals surface area contributed by atoms with Gasteiger partial charge in [0.15, 0.2) is 0 Å². The topological polar surface area (TPSA) is 75.4 Å². The van der Waals surface area contributed by atoms with E-state index in [2.05, 4.69) is 10.3 Å². The molecule has 4 rings (SSSR count). The Morgan fingerprint density at radius 2 is 1.88 bits per heavy atom. The van der Waals surface area contributed by atoms with E-state index >= 15 is 0 Å². The molecule has 2 aromatic heterocycles. The Balaban J connectivity index is 1.53. The lowest BCUT2D eigenvalue weighted by atomic mass is 9.93. The first-order chi connectivity index (χ1) is 12.6. The van der Waals surface area contributed by atoms with Crippen molar-refractivity contribution in [1.82, 2.24) is 10.3 Å². The standard InChI is InChI=1S/C21H22N2O3/c1-13-12-19-18(10-11-26-19)20(22-13)14-2-4-15(5-3-14)21(25)23-16-6-8-17(24)9-7-16/h2-5,10-12,16-17,24H,6-9H2,1H3,(H,23,25). The minimum absolute atomic E-state index is 0.0661. The summed E-state index contributed by atoms with van der Waals surface area (Å²) in [4.78, 5) is 17.1. The van der Waals surface area contributed by atoms with Crippen LogP contribution >= 0.6 is 0 Å². The van der Waals surface area contributed by atoms with Gasteiger partial charge in [-0.05, 0) is 50.8 Å². The monoisotopic (exact) mass is 350 g/mol. The predicted octanol–water partition coefficient (Wildman–Crippen LogP) is 3.84. The van der Waals surface area contributed by atoms with Crippen molar-refractivity contribution in [1.29, 1.82) is 0 Å². The Bertz CT molecular complexity index is 922. The maximum absolute atomic E-state index is 12.5. The maximum atomic E-state index is 12.5. The van der Waals surface area contributed by atoms with Gasteiger partial charge < -0.3 is 14.8 Å². The van der Waals surface area contributed by atoms with Crippen LogP contribution in [-0.4, -0.2) is 28.1 Å². The van der Waals surface area contributed by atoms with Gasteiger partial charge in [-0.15, -0.1) is 0 Å². The van der Waals surface area contributed by atoms with E-state index in [1.165, 1.54) is 0 Å². The first kappa shape index (κ1) is 16.8. The van der Waals surface area contributed by atoms with Crippen molar-refractivity contribution in [2.45, 2.75) is 44.8 Å². The summed E-state index contributed by atoms with van der Waals surface area (Å²) < 4.78 is 5.49. The highest BCUT2D eigenvalue weighted by Gasteiger charge is 2.21. The number of aromatic nitrogens is 1. The van der Waals surface area contributed by atoms with Crippen LogP contribution in [0, 0.1) is 6.92 Å². The average molecular weight is 350 g/mol. The molecule has 0 spiro atoms. The molecule has 0 saturated heterocycles. The molecule has 1 aliphatic rings. The molecule has 3 aromatic rings. The Hall–Kier alpha value is -2.66. The van der Waals surface area contributed by atoms with E-state index in [-0.39, 0.29) is 18.1 Å². The Labute approximate surface area is 152 Å². The van der Waals surface area contributed by atoms with Crippen molar-refractivity contribution in [2.75, 3.05) is 0 Å². The number of carbonyl (C=O) groups is 1. The van der Waals surface area contributed by atoms with Gasteiger partial charge in [0.05, 0.1) is 18.1 Å². The zero-order valence-electron chi connectivity index (χ0n) is 14.7. The van der Waals surface area contributed by atoms with E-state index in [0.29, 0.717) is 5.56 Å². The molecule has 1 aliphatic carbocycles. The first-order valence-corrected chi connectivity index (χ1v) is 9.04. The van der Waals surface area contributed by atoms with Gasteiger partial charge in [0.25, 0.3) is 5.91 Å². The van der Waals surface area contributed by atoms with Crippen molar-refractivity contribution >= 4 is 16.9 Å². The maximum Gasteiger partial charge on any atom is 0.251 e. The number of nitrogens with zero attached hydrogens (tertiary/aromatic N) is 1. The summed E-state index contributed by atoms with van der Waals surface area (Å²) in [6.07, 6.45) is 4.61. The lowest BCUT2D eigenvalue weighted by molar-refractivity contribution is 0.0867. The summed E-state index contributed by atoms with van der Waals surface area (Å²) in [7, 11) is 0. The van der Waals surface area contributed by atoms with Crippen LogP contribution in [0.15, 0.2) is 47.1 Å².